The van der Waals surface area contributed by atoms with Crippen LogP contribution in [0.25, 0.3) is 0 Å². The van der Waals surface area contributed by atoms with Gasteiger partial charge in [0.15, 0.2) is 6.29 Å². The van der Waals surface area contributed by atoms with Gasteiger partial charge in [0.25, 0.3) is 0 Å². The number of aliphatic hydroxyl groups excluding tert-OH is 7. The van der Waals surface area contributed by atoms with Crippen molar-refractivity contribution in [1.82, 2.24) is 5.32 Å². The first-order valence-corrected chi connectivity index (χ1v) is 28.4. The van der Waals surface area contributed by atoms with E-state index in [1.54, 1.807) is 0 Å². The van der Waals surface area contributed by atoms with E-state index >= 15 is 0 Å². The summed E-state index contributed by atoms with van der Waals surface area (Å²) < 4.78 is 11.1. The largest absolute Gasteiger partial charge is 0.394 e. The Morgan fingerprint density at radius 1 is 0.470 bits per heavy atom. The molecule has 0 spiro atoms. The molecule has 8 N–H and O–H groups in total. The molecular weight excluding hydrogens is 835 g/mol. The second-order valence-corrected chi connectivity index (χ2v) is 20.4. The van der Waals surface area contributed by atoms with Gasteiger partial charge in [0.1, 0.15) is 36.6 Å². The number of aliphatic hydroxyl groups is 7. The van der Waals surface area contributed by atoms with Gasteiger partial charge in [0.2, 0.25) is 5.91 Å². The number of hydrogen-bond acceptors (Lipinski definition) is 10. The number of carbonyl (C=O) groups is 1. The Morgan fingerprint density at radius 2 is 0.788 bits per heavy atom. The molecular formula is C55H109NO10. The summed E-state index contributed by atoms with van der Waals surface area (Å²) in [7, 11) is 0. The van der Waals surface area contributed by atoms with Crippen LogP contribution in [0.15, 0.2) is 0 Å². The quantitative estimate of drug-likeness (QED) is 0.0273. The van der Waals surface area contributed by atoms with Crippen molar-refractivity contribution in [3.05, 3.63) is 0 Å². The van der Waals surface area contributed by atoms with Crippen LogP contribution >= 0.6 is 0 Å². The highest BCUT2D eigenvalue weighted by Gasteiger charge is 2.44. The standard InChI is InChI=1S/C55H109NO10/c1-3-5-7-9-11-13-15-17-19-21-22-23-24-25-26-27-29-31-33-35-37-39-41-43-48(59)54(64)56-46(45-65-55-53(63)52(62)51(61)49(44-57)66-55)50(60)47(58)42-40-38-36-34-32-30-28-20-18-16-14-12-10-8-6-4-2/h46-53,55,57-63H,3-45H2,1-2H3,(H,56,64). The molecule has 0 radical (unpaired) electrons. The molecule has 0 aromatic rings. The average molecular weight is 944 g/mol. The third-order valence-corrected chi connectivity index (χ3v) is 14.2. The van der Waals surface area contributed by atoms with Crippen LogP contribution in [0.3, 0.4) is 0 Å². The summed E-state index contributed by atoms with van der Waals surface area (Å²) in [6.07, 6.45) is 38.6. The van der Waals surface area contributed by atoms with Crippen molar-refractivity contribution >= 4 is 5.91 Å². The fourth-order valence-electron chi connectivity index (χ4n) is 9.50. The van der Waals surface area contributed by atoms with E-state index in [2.05, 4.69) is 19.2 Å². The van der Waals surface area contributed by atoms with Crippen LogP contribution in [0, 0.1) is 0 Å². The van der Waals surface area contributed by atoms with Gasteiger partial charge in [-0.2, -0.15) is 0 Å². The third kappa shape index (κ3) is 33.6. The topological polar surface area (TPSA) is 189 Å². The fourth-order valence-corrected chi connectivity index (χ4v) is 9.50. The summed E-state index contributed by atoms with van der Waals surface area (Å²) in [6, 6.07) is -1.16. The number of rotatable bonds is 49. The van der Waals surface area contributed by atoms with Crippen LogP contribution in [0.5, 0.6) is 0 Å². The summed E-state index contributed by atoms with van der Waals surface area (Å²) in [5.41, 5.74) is 0. The average Bonchev–Trinajstić information content (AvgIpc) is 3.32. The molecule has 1 aliphatic heterocycles. The number of unbranched alkanes of at least 4 members (excludes halogenated alkanes) is 37. The first-order valence-electron chi connectivity index (χ1n) is 28.4. The minimum atomic E-state index is -1.66. The molecule has 1 fully saturated rings. The predicted molar refractivity (Wildman–Crippen MR) is 270 cm³/mol. The van der Waals surface area contributed by atoms with Crippen LogP contribution in [0.2, 0.25) is 0 Å². The molecule has 0 bridgehead atoms. The van der Waals surface area contributed by atoms with E-state index in [1.165, 1.54) is 199 Å². The molecule has 1 rings (SSSR count). The summed E-state index contributed by atoms with van der Waals surface area (Å²) >= 11 is 0. The Balaban J connectivity index is 2.30. The molecule has 1 heterocycles. The van der Waals surface area contributed by atoms with E-state index < -0.39 is 74.2 Å². The molecule has 0 aliphatic carbocycles. The number of carbonyl (C=O) groups excluding carboxylic acids is 1. The van der Waals surface area contributed by atoms with E-state index in [9.17, 15) is 40.5 Å². The minimum absolute atomic E-state index is 0.267. The molecule has 1 saturated heterocycles. The molecule has 1 aliphatic rings. The Labute approximate surface area is 405 Å². The lowest BCUT2D eigenvalue weighted by Crippen LogP contribution is -2.60. The van der Waals surface area contributed by atoms with Crippen LogP contribution < -0.4 is 5.32 Å². The van der Waals surface area contributed by atoms with Crippen molar-refractivity contribution in [3.63, 3.8) is 0 Å². The number of ether oxygens (including phenoxy) is 2. The maximum atomic E-state index is 13.2. The van der Waals surface area contributed by atoms with E-state index in [1.807, 2.05) is 0 Å². The van der Waals surface area contributed by atoms with Gasteiger partial charge in [-0.3, -0.25) is 4.79 Å². The summed E-state index contributed by atoms with van der Waals surface area (Å²) in [4.78, 5) is 13.2. The SMILES string of the molecule is CCCCCCCCCCCCCCCCCCCCCCCCCC(O)C(=O)NC(COC1OC(CO)C(O)C(O)C1O)C(O)C(O)CCCCCCCCCCCCCCCCCC. The monoisotopic (exact) mass is 944 g/mol. The van der Waals surface area contributed by atoms with Crippen molar-refractivity contribution in [2.24, 2.45) is 0 Å². The van der Waals surface area contributed by atoms with E-state index in [0.717, 1.165) is 38.5 Å². The molecule has 11 nitrogen and oxygen atoms in total. The van der Waals surface area contributed by atoms with Crippen LogP contribution in [0.1, 0.15) is 277 Å². The lowest BCUT2D eigenvalue weighted by Gasteiger charge is -2.40. The van der Waals surface area contributed by atoms with Crippen molar-refractivity contribution in [2.45, 2.75) is 332 Å². The second kappa shape index (κ2) is 45.3. The highest BCUT2D eigenvalue weighted by atomic mass is 16.7. The maximum absolute atomic E-state index is 13.2. The van der Waals surface area contributed by atoms with Crippen molar-refractivity contribution < 1.29 is 50.0 Å². The van der Waals surface area contributed by atoms with Crippen LogP contribution in [-0.4, -0.2) is 110 Å². The van der Waals surface area contributed by atoms with Gasteiger partial charge in [-0.1, -0.05) is 264 Å². The van der Waals surface area contributed by atoms with E-state index in [4.69, 9.17) is 9.47 Å². The van der Waals surface area contributed by atoms with Gasteiger partial charge >= 0.3 is 0 Å². The van der Waals surface area contributed by atoms with Crippen LogP contribution in [0.4, 0.5) is 0 Å². The first-order chi connectivity index (χ1) is 32.2. The highest BCUT2D eigenvalue weighted by Crippen LogP contribution is 2.24. The van der Waals surface area contributed by atoms with Gasteiger partial charge < -0.3 is 50.5 Å². The Morgan fingerprint density at radius 3 is 1.12 bits per heavy atom. The third-order valence-electron chi connectivity index (χ3n) is 14.2. The number of nitrogens with one attached hydrogen (secondary N) is 1. The summed E-state index contributed by atoms with van der Waals surface area (Å²) in [6.45, 7) is 3.49. The smallest absolute Gasteiger partial charge is 0.249 e. The van der Waals surface area contributed by atoms with Gasteiger partial charge in [-0.25, -0.2) is 0 Å². The van der Waals surface area contributed by atoms with Crippen molar-refractivity contribution in [1.29, 1.82) is 0 Å². The normalized spacial score (nSPS) is 20.7. The Hall–Kier alpha value is -0.890. The van der Waals surface area contributed by atoms with Crippen LogP contribution in [-0.2, 0) is 14.3 Å². The zero-order chi connectivity index (χ0) is 48.3. The van der Waals surface area contributed by atoms with E-state index in [-0.39, 0.29) is 6.42 Å². The molecule has 9 atom stereocenters. The maximum Gasteiger partial charge on any atom is 0.249 e. The van der Waals surface area contributed by atoms with Crippen molar-refractivity contribution in [3.8, 4) is 0 Å². The zero-order valence-corrected chi connectivity index (χ0v) is 43.0. The van der Waals surface area contributed by atoms with E-state index in [0.29, 0.717) is 19.3 Å². The lowest BCUT2D eigenvalue weighted by atomic mass is 9.98. The summed E-state index contributed by atoms with van der Waals surface area (Å²) in [5, 5.41) is 76.1. The lowest BCUT2D eigenvalue weighted by molar-refractivity contribution is -0.303. The zero-order valence-electron chi connectivity index (χ0n) is 43.0. The molecule has 0 aromatic heterocycles. The second-order valence-electron chi connectivity index (χ2n) is 20.4. The Bertz CT molecular complexity index is 1040. The molecule has 11 heteroatoms. The number of hydrogen-bond donors (Lipinski definition) is 8. The first kappa shape index (κ1) is 63.1. The fraction of sp³-hybridized carbons (Fsp3) is 0.982. The minimum Gasteiger partial charge on any atom is -0.394 e. The number of amides is 1. The van der Waals surface area contributed by atoms with Gasteiger partial charge in [-0.15, -0.1) is 0 Å². The molecule has 1 amide bonds. The summed E-state index contributed by atoms with van der Waals surface area (Å²) in [5.74, 6) is -0.690. The molecule has 394 valence electrons. The molecule has 0 aromatic carbocycles. The molecule has 66 heavy (non-hydrogen) atoms. The van der Waals surface area contributed by atoms with Gasteiger partial charge in [0, 0.05) is 0 Å². The Kier molecular flexibility index (Phi) is 43.3. The predicted octanol–water partition coefficient (Wildman–Crippen LogP) is 11.4. The molecule has 0 saturated carbocycles. The van der Waals surface area contributed by atoms with Crippen molar-refractivity contribution in [2.75, 3.05) is 13.2 Å². The van der Waals surface area contributed by atoms with Gasteiger partial charge in [-0.05, 0) is 12.8 Å². The molecule has 9 unspecified atom stereocenters. The highest BCUT2D eigenvalue weighted by molar-refractivity contribution is 5.80. The van der Waals surface area contributed by atoms with Gasteiger partial charge in [0.05, 0.1) is 25.4 Å².